The van der Waals surface area contributed by atoms with Gasteiger partial charge < -0.3 is 0 Å². The molecule has 0 fully saturated rings. The minimum Gasteiger partial charge on any atom is -0.255 e. The van der Waals surface area contributed by atoms with Crippen LogP contribution >= 0.6 is 22.6 Å². The molecule has 2 heteroatoms. The molecule has 0 rings (SSSR count). The molecule has 0 unspecified atom stereocenters. The van der Waals surface area contributed by atoms with Crippen LogP contribution in [0, 0.1) is 0 Å². The Morgan fingerprint density at radius 2 is 2.14 bits per heavy atom. The van der Waals surface area contributed by atoms with E-state index in [2.05, 4.69) is 27.6 Å². The molecule has 0 saturated heterocycles. The van der Waals surface area contributed by atoms with E-state index in [1.165, 1.54) is 0 Å². The molecule has 0 spiro atoms. The highest BCUT2D eigenvalue weighted by atomic mass is 127. The second-order valence-corrected chi connectivity index (χ2v) is 2.10. The van der Waals surface area contributed by atoms with Gasteiger partial charge in [0.05, 0.1) is 3.70 Å². The van der Waals surface area contributed by atoms with Gasteiger partial charge in [0.25, 0.3) is 0 Å². The predicted molar refractivity (Wildman–Crippen MR) is 41.9 cm³/mol. The Bertz CT molecular complexity index is 94.3. The monoisotopic (exact) mass is 209 g/mol. The van der Waals surface area contributed by atoms with E-state index < -0.39 is 0 Å². The molecule has 0 aromatic carbocycles. The molecule has 40 valence electrons. The van der Waals surface area contributed by atoms with Crippen LogP contribution in [-0.4, -0.2) is 6.21 Å². The van der Waals surface area contributed by atoms with Crippen LogP contribution in [0.4, 0.5) is 0 Å². The number of rotatable bonds is 1. The molecule has 0 aliphatic rings. The van der Waals surface area contributed by atoms with Gasteiger partial charge in [-0.2, -0.15) is 0 Å². The summed E-state index contributed by atoms with van der Waals surface area (Å²) in [5, 5.41) is 0. The van der Waals surface area contributed by atoms with Crippen LogP contribution < -0.4 is 0 Å². The van der Waals surface area contributed by atoms with E-state index in [4.69, 9.17) is 0 Å². The quantitative estimate of drug-likeness (QED) is 0.357. The van der Waals surface area contributed by atoms with E-state index in [0.29, 0.717) is 0 Å². The molecule has 0 N–H and O–H groups in total. The molecule has 0 bridgehead atoms. The molecular formula is C5H8IN. The zero-order chi connectivity index (χ0) is 5.70. The van der Waals surface area contributed by atoms with Gasteiger partial charge in [-0.15, -0.1) is 0 Å². The number of hydrogen-bond acceptors (Lipinski definition) is 1. The van der Waals surface area contributed by atoms with Gasteiger partial charge in [-0.25, -0.2) is 0 Å². The summed E-state index contributed by atoms with van der Waals surface area (Å²) < 4.78 is 1.04. The number of hydrogen-bond donors (Lipinski definition) is 0. The molecule has 0 amide bonds. The first-order valence-corrected chi connectivity index (χ1v) is 3.19. The smallest absolute Gasteiger partial charge is 0.0962 e. The Morgan fingerprint density at radius 3 is 2.29 bits per heavy atom. The standard InChI is InChI=1S/C5H8IN/c1-3-5(6)7-4-2/h3-4H,1-2H3/b5-3-,7-4-. The Hall–Kier alpha value is 0.140. The third-order valence-electron chi connectivity index (χ3n) is 0.491. The van der Waals surface area contributed by atoms with Gasteiger partial charge in [-0.1, -0.05) is 6.08 Å². The lowest BCUT2D eigenvalue weighted by molar-refractivity contribution is 1.52. The zero-order valence-corrected chi connectivity index (χ0v) is 6.64. The molecule has 0 aromatic rings. The third kappa shape index (κ3) is 3.98. The molecule has 1 nitrogen and oxygen atoms in total. The van der Waals surface area contributed by atoms with Gasteiger partial charge in [-0.3, -0.25) is 4.99 Å². The first-order chi connectivity index (χ1) is 3.31. The average molecular weight is 209 g/mol. The maximum atomic E-state index is 3.97. The van der Waals surface area contributed by atoms with Crippen molar-refractivity contribution in [2.75, 3.05) is 0 Å². The fourth-order valence-corrected chi connectivity index (χ4v) is 0.476. The average Bonchev–Trinajstić information content (AvgIpc) is 1.68. The number of halogens is 1. The lowest BCUT2D eigenvalue weighted by atomic mass is 10.7. The number of allylic oxidation sites excluding steroid dienone is 1. The van der Waals surface area contributed by atoms with Crippen LogP contribution in [0.25, 0.3) is 0 Å². The second kappa shape index (κ2) is 4.30. The van der Waals surface area contributed by atoms with Crippen LogP contribution in [-0.2, 0) is 0 Å². The van der Waals surface area contributed by atoms with E-state index >= 15 is 0 Å². The van der Waals surface area contributed by atoms with E-state index in [9.17, 15) is 0 Å². The van der Waals surface area contributed by atoms with Crippen molar-refractivity contribution >= 4 is 28.8 Å². The van der Waals surface area contributed by atoms with Gasteiger partial charge in [0.1, 0.15) is 0 Å². The van der Waals surface area contributed by atoms with Crippen molar-refractivity contribution in [3.05, 3.63) is 9.78 Å². The van der Waals surface area contributed by atoms with Crippen molar-refractivity contribution < 1.29 is 0 Å². The summed E-state index contributed by atoms with van der Waals surface area (Å²) in [6.45, 7) is 3.87. The highest BCUT2D eigenvalue weighted by Gasteiger charge is 1.73. The molecule has 7 heavy (non-hydrogen) atoms. The molecule has 0 radical (unpaired) electrons. The minimum atomic E-state index is 1.04. The Labute approximate surface area is 57.7 Å². The van der Waals surface area contributed by atoms with Crippen LogP contribution in [0.5, 0.6) is 0 Å². The molecule has 0 heterocycles. The first kappa shape index (κ1) is 7.14. The highest BCUT2D eigenvalue weighted by molar-refractivity contribution is 14.1. The van der Waals surface area contributed by atoms with Gasteiger partial charge >= 0.3 is 0 Å². The van der Waals surface area contributed by atoms with Crippen molar-refractivity contribution in [2.24, 2.45) is 4.99 Å². The molecular weight excluding hydrogens is 201 g/mol. The van der Waals surface area contributed by atoms with Crippen LogP contribution in [0.3, 0.4) is 0 Å². The summed E-state index contributed by atoms with van der Waals surface area (Å²) in [4.78, 5) is 3.97. The van der Waals surface area contributed by atoms with E-state index in [1.54, 1.807) is 6.21 Å². The summed E-state index contributed by atoms with van der Waals surface area (Å²) >= 11 is 2.17. The summed E-state index contributed by atoms with van der Waals surface area (Å²) in [5.41, 5.74) is 0. The fourth-order valence-electron chi connectivity index (χ4n) is 0.198. The van der Waals surface area contributed by atoms with Crippen molar-refractivity contribution in [3.63, 3.8) is 0 Å². The topological polar surface area (TPSA) is 12.4 Å². The summed E-state index contributed by atoms with van der Waals surface area (Å²) in [7, 11) is 0. The van der Waals surface area contributed by atoms with Gasteiger partial charge in [0.15, 0.2) is 0 Å². The summed E-state index contributed by atoms with van der Waals surface area (Å²) in [5.74, 6) is 0. The molecule has 0 aliphatic carbocycles. The van der Waals surface area contributed by atoms with E-state index in [-0.39, 0.29) is 0 Å². The van der Waals surface area contributed by atoms with Crippen molar-refractivity contribution in [2.45, 2.75) is 13.8 Å². The van der Waals surface area contributed by atoms with Crippen molar-refractivity contribution in [1.82, 2.24) is 0 Å². The molecule has 0 atom stereocenters. The van der Waals surface area contributed by atoms with E-state index in [1.807, 2.05) is 19.9 Å². The van der Waals surface area contributed by atoms with E-state index in [0.717, 1.165) is 3.70 Å². The summed E-state index contributed by atoms with van der Waals surface area (Å²) in [6, 6.07) is 0. The first-order valence-electron chi connectivity index (χ1n) is 2.11. The van der Waals surface area contributed by atoms with Crippen LogP contribution in [0.15, 0.2) is 14.8 Å². The lowest BCUT2D eigenvalue weighted by Crippen LogP contribution is -1.59. The van der Waals surface area contributed by atoms with Crippen LogP contribution in [0.1, 0.15) is 13.8 Å². The largest absolute Gasteiger partial charge is 0.255 e. The van der Waals surface area contributed by atoms with Gasteiger partial charge in [0.2, 0.25) is 0 Å². The van der Waals surface area contributed by atoms with Crippen LogP contribution in [0.2, 0.25) is 0 Å². The second-order valence-electron chi connectivity index (χ2n) is 0.999. The van der Waals surface area contributed by atoms with Crippen molar-refractivity contribution in [3.8, 4) is 0 Å². The van der Waals surface area contributed by atoms with Gasteiger partial charge in [0, 0.05) is 6.21 Å². The molecule has 0 saturated carbocycles. The fraction of sp³-hybridized carbons (Fsp3) is 0.400. The normalized spacial score (nSPS) is 13.3. The summed E-state index contributed by atoms with van der Waals surface area (Å²) in [6.07, 6.45) is 3.74. The Kier molecular flexibility index (Phi) is 4.39. The Morgan fingerprint density at radius 1 is 1.57 bits per heavy atom. The lowest BCUT2D eigenvalue weighted by Gasteiger charge is -1.79. The molecule has 0 aromatic heterocycles. The Balaban J connectivity index is 3.58. The zero-order valence-electron chi connectivity index (χ0n) is 4.48. The van der Waals surface area contributed by atoms with Crippen molar-refractivity contribution in [1.29, 1.82) is 0 Å². The number of nitrogens with zero attached hydrogens (tertiary/aromatic N) is 1. The number of aliphatic imine (C=N–C) groups is 1. The molecule has 0 aliphatic heterocycles. The minimum absolute atomic E-state index is 1.04. The predicted octanol–water partition coefficient (Wildman–Crippen LogP) is 2.37. The van der Waals surface area contributed by atoms with Gasteiger partial charge in [-0.05, 0) is 36.4 Å². The maximum Gasteiger partial charge on any atom is 0.0962 e. The highest BCUT2D eigenvalue weighted by Crippen LogP contribution is 2.04. The maximum absolute atomic E-state index is 3.97. The third-order valence-corrected chi connectivity index (χ3v) is 1.39. The SMILES string of the molecule is C/C=N\C(I)=C/C.